The van der Waals surface area contributed by atoms with Crippen molar-refractivity contribution in [3.05, 3.63) is 39.8 Å². The molecule has 2 rings (SSSR count). The average Bonchev–Trinajstić information content (AvgIpc) is 2.81. The van der Waals surface area contributed by atoms with Crippen LogP contribution in [0.5, 0.6) is 0 Å². The number of rotatable bonds is 5. The van der Waals surface area contributed by atoms with E-state index in [0.29, 0.717) is 6.42 Å². The van der Waals surface area contributed by atoms with Gasteiger partial charge in [0.05, 0.1) is 10.7 Å². The van der Waals surface area contributed by atoms with Gasteiger partial charge in [-0.05, 0) is 19.1 Å². The quantitative estimate of drug-likeness (QED) is 0.818. The van der Waals surface area contributed by atoms with Gasteiger partial charge in [-0.3, -0.25) is 0 Å². The van der Waals surface area contributed by atoms with E-state index in [1.807, 2.05) is 12.3 Å². The Morgan fingerprint density at radius 3 is 2.71 bits per heavy atom. The van der Waals surface area contributed by atoms with Gasteiger partial charge in [0.2, 0.25) is 10.0 Å². The number of nitrogens with one attached hydrogen (secondary N) is 1. The van der Waals surface area contributed by atoms with Crippen LogP contribution >= 0.6 is 11.3 Å². The van der Waals surface area contributed by atoms with Crippen molar-refractivity contribution in [2.24, 2.45) is 0 Å². The van der Waals surface area contributed by atoms with Crippen LogP contribution < -0.4 is 10.5 Å². The molecule has 0 unspecified atom stereocenters. The Bertz CT molecular complexity index is 760. The molecule has 0 radical (unpaired) electrons. The topological polar surface area (TPSA) is 85.1 Å². The summed E-state index contributed by atoms with van der Waals surface area (Å²) < 4.78 is 52.9. The van der Waals surface area contributed by atoms with Crippen molar-refractivity contribution >= 4 is 27.0 Å². The van der Waals surface area contributed by atoms with Crippen LogP contribution in [0, 0.1) is 18.6 Å². The highest BCUT2D eigenvalue weighted by molar-refractivity contribution is 7.89. The second kappa shape index (κ2) is 6.04. The molecule has 1 aromatic carbocycles. The maximum absolute atomic E-state index is 13.7. The van der Waals surface area contributed by atoms with Crippen molar-refractivity contribution in [2.75, 3.05) is 12.3 Å². The van der Waals surface area contributed by atoms with E-state index in [2.05, 4.69) is 9.71 Å². The van der Waals surface area contributed by atoms with E-state index < -0.39 is 32.2 Å². The zero-order chi connectivity index (χ0) is 15.6. The Balaban J connectivity index is 2.10. The Labute approximate surface area is 124 Å². The molecule has 9 heteroatoms. The lowest BCUT2D eigenvalue weighted by Gasteiger charge is -2.08. The van der Waals surface area contributed by atoms with Crippen molar-refractivity contribution in [2.45, 2.75) is 18.2 Å². The molecule has 0 aliphatic carbocycles. The molecule has 1 aromatic heterocycles. The lowest BCUT2D eigenvalue weighted by atomic mass is 10.3. The molecule has 0 aliphatic heterocycles. The standard InChI is InChI=1S/C12H13F2N3O2S2/c1-7-17-8(6-20-7)4-5-16-21(18,19)10-3-2-9(13)12(15)11(10)14/h2-3,6,16H,4-5,15H2,1H3. The van der Waals surface area contributed by atoms with Gasteiger partial charge in [-0.15, -0.1) is 11.3 Å². The van der Waals surface area contributed by atoms with Crippen LogP contribution in [0.1, 0.15) is 10.7 Å². The third kappa shape index (κ3) is 3.55. The fraction of sp³-hybridized carbons (Fsp3) is 0.250. The number of aryl methyl sites for hydroxylation is 1. The van der Waals surface area contributed by atoms with E-state index in [0.717, 1.165) is 22.8 Å². The van der Waals surface area contributed by atoms with Crippen molar-refractivity contribution < 1.29 is 17.2 Å². The van der Waals surface area contributed by atoms with E-state index >= 15 is 0 Å². The zero-order valence-corrected chi connectivity index (χ0v) is 12.7. The number of nitrogens with zero attached hydrogens (tertiary/aromatic N) is 1. The Hall–Kier alpha value is -1.58. The van der Waals surface area contributed by atoms with Gasteiger partial charge < -0.3 is 5.73 Å². The first kappa shape index (κ1) is 15.8. The molecule has 2 aromatic rings. The largest absolute Gasteiger partial charge is 0.394 e. The summed E-state index contributed by atoms with van der Waals surface area (Å²) in [4.78, 5) is 3.52. The molecule has 1 heterocycles. The fourth-order valence-electron chi connectivity index (χ4n) is 1.67. The number of anilines is 1. The minimum absolute atomic E-state index is 0.0578. The maximum atomic E-state index is 13.7. The minimum Gasteiger partial charge on any atom is -0.394 e. The number of hydrogen-bond donors (Lipinski definition) is 2. The van der Waals surface area contributed by atoms with Gasteiger partial charge in [-0.1, -0.05) is 0 Å². The summed E-state index contributed by atoms with van der Waals surface area (Å²) in [6.07, 6.45) is 0.377. The van der Waals surface area contributed by atoms with Crippen LogP contribution in [-0.2, 0) is 16.4 Å². The van der Waals surface area contributed by atoms with E-state index in [-0.39, 0.29) is 6.54 Å². The normalized spacial score (nSPS) is 11.8. The molecule has 0 saturated heterocycles. The maximum Gasteiger partial charge on any atom is 0.243 e. The predicted octanol–water partition coefficient (Wildman–Crippen LogP) is 1.83. The van der Waals surface area contributed by atoms with Crippen molar-refractivity contribution in [3.8, 4) is 0 Å². The molecule has 0 spiro atoms. The molecular weight excluding hydrogens is 320 g/mol. The lowest BCUT2D eigenvalue weighted by Crippen LogP contribution is -2.27. The number of nitrogens with two attached hydrogens (primary N) is 1. The summed E-state index contributed by atoms with van der Waals surface area (Å²) in [7, 11) is -4.09. The van der Waals surface area contributed by atoms with E-state index in [9.17, 15) is 17.2 Å². The zero-order valence-electron chi connectivity index (χ0n) is 11.1. The summed E-state index contributed by atoms with van der Waals surface area (Å²) in [5.41, 5.74) is 5.09. The number of halogens is 2. The van der Waals surface area contributed by atoms with Gasteiger partial charge in [0.1, 0.15) is 16.4 Å². The SMILES string of the molecule is Cc1nc(CCNS(=O)(=O)c2ccc(F)c(N)c2F)cs1. The summed E-state index contributed by atoms with van der Waals surface area (Å²) in [5.74, 6) is -2.28. The summed E-state index contributed by atoms with van der Waals surface area (Å²) in [6.45, 7) is 1.90. The molecule has 5 nitrogen and oxygen atoms in total. The number of aromatic nitrogens is 1. The average molecular weight is 333 g/mol. The number of thiazole rings is 1. The number of hydrogen-bond acceptors (Lipinski definition) is 5. The molecule has 0 atom stereocenters. The number of sulfonamides is 1. The first-order valence-corrected chi connectivity index (χ1v) is 8.31. The summed E-state index contributed by atoms with van der Waals surface area (Å²) in [5, 5.41) is 2.70. The van der Waals surface area contributed by atoms with Crippen LogP contribution in [0.3, 0.4) is 0 Å². The first-order chi connectivity index (χ1) is 9.81. The summed E-state index contributed by atoms with van der Waals surface area (Å²) in [6, 6.07) is 1.66. The van der Waals surface area contributed by atoms with Crippen LogP contribution in [-0.4, -0.2) is 19.9 Å². The smallest absolute Gasteiger partial charge is 0.243 e. The van der Waals surface area contributed by atoms with E-state index in [4.69, 9.17) is 5.73 Å². The number of benzene rings is 1. The molecule has 0 aliphatic rings. The molecule has 114 valence electrons. The highest BCUT2D eigenvalue weighted by Gasteiger charge is 2.22. The van der Waals surface area contributed by atoms with Gasteiger partial charge in [0.15, 0.2) is 5.82 Å². The third-order valence-electron chi connectivity index (χ3n) is 2.72. The molecule has 0 bridgehead atoms. The first-order valence-electron chi connectivity index (χ1n) is 5.95. The third-order valence-corrected chi connectivity index (χ3v) is 5.02. The van der Waals surface area contributed by atoms with Crippen molar-refractivity contribution in [1.29, 1.82) is 0 Å². The molecule has 3 N–H and O–H groups in total. The molecule has 0 amide bonds. The Kier molecular flexibility index (Phi) is 4.55. The number of nitrogen functional groups attached to an aromatic ring is 1. The van der Waals surface area contributed by atoms with Gasteiger partial charge in [-0.2, -0.15) is 0 Å². The second-order valence-electron chi connectivity index (χ2n) is 4.28. The minimum atomic E-state index is -4.09. The van der Waals surface area contributed by atoms with E-state index in [1.54, 1.807) is 0 Å². The van der Waals surface area contributed by atoms with Gasteiger partial charge in [0, 0.05) is 18.3 Å². The van der Waals surface area contributed by atoms with Crippen LogP contribution in [0.25, 0.3) is 0 Å². The lowest BCUT2D eigenvalue weighted by molar-refractivity contribution is 0.548. The Morgan fingerprint density at radius 2 is 2.10 bits per heavy atom. The Morgan fingerprint density at radius 1 is 1.38 bits per heavy atom. The molecule has 0 fully saturated rings. The predicted molar refractivity (Wildman–Crippen MR) is 76.5 cm³/mol. The van der Waals surface area contributed by atoms with Gasteiger partial charge in [-0.25, -0.2) is 26.9 Å². The van der Waals surface area contributed by atoms with Gasteiger partial charge in [0.25, 0.3) is 0 Å². The van der Waals surface area contributed by atoms with E-state index in [1.165, 1.54) is 11.3 Å². The molecule has 21 heavy (non-hydrogen) atoms. The summed E-state index contributed by atoms with van der Waals surface area (Å²) >= 11 is 1.46. The van der Waals surface area contributed by atoms with Crippen LogP contribution in [0.2, 0.25) is 0 Å². The van der Waals surface area contributed by atoms with Crippen LogP contribution in [0.15, 0.2) is 22.4 Å². The highest BCUT2D eigenvalue weighted by atomic mass is 32.2. The monoisotopic (exact) mass is 333 g/mol. The second-order valence-corrected chi connectivity index (χ2v) is 7.08. The van der Waals surface area contributed by atoms with Crippen LogP contribution in [0.4, 0.5) is 14.5 Å². The highest BCUT2D eigenvalue weighted by Crippen LogP contribution is 2.22. The fourth-order valence-corrected chi connectivity index (χ4v) is 3.44. The molecule has 0 saturated carbocycles. The molecular formula is C12H13F2N3O2S2. The van der Waals surface area contributed by atoms with Gasteiger partial charge >= 0.3 is 0 Å². The van der Waals surface area contributed by atoms with Crippen molar-refractivity contribution in [3.63, 3.8) is 0 Å². The van der Waals surface area contributed by atoms with Crippen molar-refractivity contribution in [1.82, 2.24) is 9.71 Å².